The Labute approximate surface area is 140 Å². The molecule has 2 aliphatic rings. The summed E-state index contributed by atoms with van der Waals surface area (Å²) in [5, 5.41) is 6.85. The van der Waals surface area contributed by atoms with Crippen LogP contribution in [0.5, 0.6) is 17.2 Å². The number of rotatable bonds is 5. The quantitative estimate of drug-likeness (QED) is 0.889. The number of amides is 1. The number of hydrogen-bond acceptors (Lipinski definition) is 6. The van der Waals surface area contributed by atoms with Gasteiger partial charge in [-0.2, -0.15) is 0 Å². The van der Waals surface area contributed by atoms with Gasteiger partial charge < -0.3 is 24.4 Å². The number of fused-ring (bicyclic) bond motifs is 1. The molecule has 7 nitrogen and oxygen atoms in total. The number of methoxy groups -OCH3 is 1. The van der Waals surface area contributed by atoms with Crippen molar-refractivity contribution < 1.29 is 23.8 Å². The van der Waals surface area contributed by atoms with E-state index in [0.717, 1.165) is 11.3 Å². The Balaban J connectivity index is 1.63. The summed E-state index contributed by atoms with van der Waals surface area (Å²) < 4.78 is 16.5. The number of hydrogen-bond donors (Lipinski definition) is 1. The van der Waals surface area contributed by atoms with Crippen LogP contribution in [0.2, 0.25) is 0 Å². The van der Waals surface area contributed by atoms with Crippen LogP contribution in [0.3, 0.4) is 0 Å². The van der Waals surface area contributed by atoms with Crippen LogP contribution < -0.4 is 19.5 Å². The molecule has 1 atom stereocenters. The van der Waals surface area contributed by atoms with Crippen molar-refractivity contribution in [1.82, 2.24) is 5.32 Å². The molecule has 0 aromatic heterocycles. The third-order valence-electron chi connectivity index (χ3n) is 4.05. The number of oxime groups is 1. The zero-order chi connectivity index (χ0) is 17.1. The maximum Gasteiger partial charge on any atom is 0.264 e. The summed E-state index contributed by atoms with van der Waals surface area (Å²) in [6, 6.07) is 3.61. The molecule has 1 aromatic rings. The highest BCUT2D eigenvalue weighted by atomic mass is 16.6. The molecule has 1 N–H and O–H groups in total. The Morgan fingerprint density at radius 3 is 2.67 bits per heavy atom. The van der Waals surface area contributed by atoms with Gasteiger partial charge in [0.05, 0.1) is 12.8 Å². The van der Waals surface area contributed by atoms with Crippen molar-refractivity contribution in [2.45, 2.75) is 32.9 Å². The number of ether oxygens (including phenoxy) is 3. The van der Waals surface area contributed by atoms with Gasteiger partial charge >= 0.3 is 0 Å². The van der Waals surface area contributed by atoms with Crippen LogP contribution >= 0.6 is 0 Å². The zero-order valence-electron chi connectivity index (χ0n) is 14.1. The molecule has 1 aromatic carbocycles. The number of carbonyl (C=O) groups is 1. The summed E-state index contributed by atoms with van der Waals surface area (Å²) in [5.74, 6) is 2.05. The molecule has 0 spiro atoms. The first-order valence-electron chi connectivity index (χ1n) is 8.05. The predicted molar refractivity (Wildman–Crippen MR) is 87.6 cm³/mol. The van der Waals surface area contributed by atoms with Crippen molar-refractivity contribution >= 4 is 11.6 Å². The Morgan fingerprint density at radius 2 is 2.04 bits per heavy atom. The van der Waals surface area contributed by atoms with E-state index in [9.17, 15) is 4.79 Å². The minimum absolute atomic E-state index is 0.189. The molecule has 0 bridgehead atoms. The Kier molecular flexibility index (Phi) is 4.78. The number of nitrogens with one attached hydrogen (secondary N) is 1. The van der Waals surface area contributed by atoms with Gasteiger partial charge in [-0.1, -0.05) is 19.0 Å². The van der Waals surface area contributed by atoms with Gasteiger partial charge in [-0.3, -0.25) is 4.79 Å². The van der Waals surface area contributed by atoms with E-state index in [4.69, 9.17) is 19.0 Å². The third-order valence-corrected chi connectivity index (χ3v) is 4.05. The van der Waals surface area contributed by atoms with Gasteiger partial charge in [0.2, 0.25) is 6.10 Å². The van der Waals surface area contributed by atoms with Crippen LogP contribution in [0, 0.1) is 5.92 Å². The number of benzene rings is 1. The summed E-state index contributed by atoms with van der Waals surface area (Å²) in [6.45, 7) is 5.40. The highest BCUT2D eigenvalue weighted by Gasteiger charge is 2.29. The lowest BCUT2D eigenvalue weighted by Crippen LogP contribution is -2.34. The lowest BCUT2D eigenvalue weighted by atomic mass is 10.0. The van der Waals surface area contributed by atoms with Gasteiger partial charge in [-0.25, -0.2) is 0 Å². The number of nitrogens with zero attached hydrogens (tertiary/aromatic N) is 1. The van der Waals surface area contributed by atoms with Crippen LogP contribution in [0.1, 0.15) is 25.8 Å². The van der Waals surface area contributed by atoms with Crippen molar-refractivity contribution in [3.63, 3.8) is 0 Å². The van der Waals surface area contributed by atoms with E-state index in [1.165, 1.54) is 0 Å². The smallest absolute Gasteiger partial charge is 0.264 e. The van der Waals surface area contributed by atoms with E-state index in [2.05, 4.69) is 10.5 Å². The van der Waals surface area contributed by atoms with Gasteiger partial charge in [0.15, 0.2) is 11.5 Å². The molecule has 0 unspecified atom stereocenters. The molecule has 0 fully saturated rings. The Hall–Kier alpha value is -2.44. The molecule has 0 radical (unpaired) electrons. The van der Waals surface area contributed by atoms with Gasteiger partial charge in [-0.15, -0.1) is 0 Å². The zero-order valence-corrected chi connectivity index (χ0v) is 14.1. The van der Waals surface area contributed by atoms with Gasteiger partial charge in [0.1, 0.15) is 19.0 Å². The second-order valence-electron chi connectivity index (χ2n) is 6.06. The van der Waals surface area contributed by atoms with Gasteiger partial charge in [0, 0.05) is 24.6 Å². The average Bonchev–Trinajstić information content (AvgIpc) is 3.09. The van der Waals surface area contributed by atoms with Crippen LogP contribution in [0.15, 0.2) is 17.3 Å². The summed E-state index contributed by atoms with van der Waals surface area (Å²) in [5.41, 5.74) is 1.73. The minimum Gasteiger partial charge on any atom is -0.496 e. The van der Waals surface area contributed by atoms with E-state index in [1.54, 1.807) is 13.2 Å². The fourth-order valence-electron chi connectivity index (χ4n) is 2.61. The molecule has 3 rings (SSSR count). The van der Waals surface area contributed by atoms with Gasteiger partial charge in [0.25, 0.3) is 5.91 Å². The molecule has 0 saturated carbocycles. The molecular formula is C17H22N2O5. The molecule has 0 saturated heterocycles. The van der Waals surface area contributed by atoms with Crippen molar-refractivity contribution in [2.75, 3.05) is 20.3 Å². The highest BCUT2D eigenvalue weighted by Crippen LogP contribution is 2.36. The first-order valence-corrected chi connectivity index (χ1v) is 8.05. The second kappa shape index (κ2) is 6.98. The van der Waals surface area contributed by atoms with E-state index < -0.39 is 6.10 Å². The minimum atomic E-state index is -0.564. The van der Waals surface area contributed by atoms with E-state index >= 15 is 0 Å². The topological polar surface area (TPSA) is 78.4 Å². The van der Waals surface area contributed by atoms with Crippen molar-refractivity contribution in [2.24, 2.45) is 11.1 Å². The van der Waals surface area contributed by atoms with Gasteiger partial charge in [-0.05, 0) is 12.0 Å². The van der Waals surface area contributed by atoms with Crippen LogP contribution in [-0.2, 0) is 16.2 Å². The summed E-state index contributed by atoms with van der Waals surface area (Å²) >= 11 is 0. The summed E-state index contributed by atoms with van der Waals surface area (Å²) in [6.07, 6.45) is -0.0347. The second-order valence-corrected chi connectivity index (χ2v) is 6.06. The van der Waals surface area contributed by atoms with E-state index in [1.807, 2.05) is 19.9 Å². The normalized spacial score (nSPS) is 18.8. The average molecular weight is 334 g/mol. The van der Waals surface area contributed by atoms with Crippen molar-refractivity contribution in [3.05, 3.63) is 17.7 Å². The van der Waals surface area contributed by atoms with Crippen molar-refractivity contribution in [3.8, 4) is 17.2 Å². The third kappa shape index (κ3) is 3.39. The Morgan fingerprint density at radius 1 is 1.33 bits per heavy atom. The fourth-order valence-corrected chi connectivity index (χ4v) is 2.61. The SMILES string of the molecule is COc1cc2c(cc1CNC(=O)[C@H]1CC(C(C)C)=NO1)OCCO2. The van der Waals surface area contributed by atoms with E-state index in [0.29, 0.717) is 43.4 Å². The lowest BCUT2D eigenvalue weighted by molar-refractivity contribution is -0.131. The van der Waals surface area contributed by atoms with Crippen LogP contribution in [0.4, 0.5) is 0 Å². The molecule has 7 heteroatoms. The molecule has 2 aliphatic heterocycles. The van der Waals surface area contributed by atoms with Crippen LogP contribution in [-0.4, -0.2) is 38.0 Å². The van der Waals surface area contributed by atoms with E-state index in [-0.39, 0.29) is 11.8 Å². The lowest BCUT2D eigenvalue weighted by Gasteiger charge is -2.21. The first-order chi connectivity index (χ1) is 11.6. The van der Waals surface area contributed by atoms with Crippen LogP contribution in [0.25, 0.3) is 0 Å². The summed E-state index contributed by atoms with van der Waals surface area (Å²) in [7, 11) is 1.58. The first kappa shape index (κ1) is 16.4. The monoisotopic (exact) mass is 334 g/mol. The Bertz CT molecular complexity index is 657. The summed E-state index contributed by atoms with van der Waals surface area (Å²) in [4.78, 5) is 17.5. The van der Waals surface area contributed by atoms with Crippen molar-refractivity contribution in [1.29, 1.82) is 0 Å². The molecule has 24 heavy (non-hydrogen) atoms. The predicted octanol–water partition coefficient (Wildman–Crippen LogP) is 1.88. The molecule has 2 heterocycles. The largest absolute Gasteiger partial charge is 0.496 e. The number of carbonyl (C=O) groups excluding carboxylic acids is 1. The molecule has 0 aliphatic carbocycles. The highest BCUT2D eigenvalue weighted by molar-refractivity contribution is 5.93. The maximum absolute atomic E-state index is 12.3. The molecule has 130 valence electrons. The standard InChI is InChI=1S/C17H22N2O5/c1-10(2)12-7-16(24-19-12)17(20)18-9-11-6-14-15(8-13(11)21-3)23-5-4-22-14/h6,8,10,16H,4-5,7,9H2,1-3H3,(H,18,20)/t16-/m1/s1. The molecular weight excluding hydrogens is 312 g/mol. The fraction of sp³-hybridized carbons (Fsp3) is 0.529. The molecule has 1 amide bonds. The maximum atomic E-state index is 12.3.